The first-order chi connectivity index (χ1) is 24.7. The van der Waals surface area contributed by atoms with Crippen LogP contribution in [0.1, 0.15) is 290 Å². The summed E-state index contributed by atoms with van der Waals surface area (Å²) in [7, 11) is 2.63. The summed E-state index contributed by atoms with van der Waals surface area (Å²) >= 11 is 0. The standard InChI is InChI=1S/C49H102N.ClH/c1-5-8-11-14-17-20-23-26-29-32-35-38-41-44-47-50(4,48-45-42-39-36-33-30-27-24-21-18-15-12-9-6-2)49-46-43-40-37-34-31-28-25-22-19-16-13-10-7-3;/h5-49H2,1-4H3;1H/q+1;. The molecular weight excluding hydrogens is 638 g/mol. The Labute approximate surface area is 332 Å². The molecule has 0 aromatic heterocycles. The van der Waals surface area contributed by atoms with Crippen molar-refractivity contribution < 1.29 is 4.48 Å². The van der Waals surface area contributed by atoms with Crippen molar-refractivity contribution in [1.82, 2.24) is 0 Å². The van der Waals surface area contributed by atoms with Crippen molar-refractivity contribution in [2.45, 2.75) is 290 Å². The maximum atomic E-state index is 2.63. The molecule has 0 N–H and O–H groups in total. The van der Waals surface area contributed by atoms with Gasteiger partial charge in [0.25, 0.3) is 0 Å². The van der Waals surface area contributed by atoms with Gasteiger partial charge in [-0.1, -0.05) is 252 Å². The lowest BCUT2D eigenvalue weighted by molar-refractivity contribution is -0.910. The Hall–Kier alpha value is 0.250. The molecule has 0 aromatic rings. The van der Waals surface area contributed by atoms with Crippen LogP contribution in [0.3, 0.4) is 0 Å². The molecule has 0 aliphatic rings. The van der Waals surface area contributed by atoms with Crippen LogP contribution in [0.2, 0.25) is 0 Å². The Bertz CT molecular complexity index is 512. The van der Waals surface area contributed by atoms with Gasteiger partial charge in [-0.25, -0.2) is 0 Å². The zero-order valence-electron chi connectivity index (χ0n) is 36.7. The van der Waals surface area contributed by atoms with E-state index in [1.54, 1.807) is 0 Å². The molecule has 0 aliphatic carbocycles. The van der Waals surface area contributed by atoms with Crippen molar-refractivity contribution in [2.75, 3.05) is 26.7 Å². The number of unbranched alkanes of at least 4 members (excludes halogenated alkanes) is 39. The molecular formula is C49H103ClN+. The van der Waals surface area contributed by atoms with E-state index in [1.807, 2.05) is 0 Å². The molecule has 0 aliphatic heterocycles. The predicted molar refractivity (Wildman–Crippen MR) is 239 cm³/mol. The molecule has 0 aromatic carbocycles. The fraction of sp³-hybridized carbons (Fsp3) is 1.00. The second-order valence-electron chi connectivity index (χ2n) is 17.6. The summed E-state index contributed by atoms with van der Waals surface area (Å²) in [6.45, 7) is 11.3. The van der Waals surface area contributed by atoms with Crippen molar-refractivity contribution in [3.8, 4) is 0 Å². The van der Waals surface area contributed by atoms with E-state index in [0.29, 0.717) is 0 Å². The van der Waals surface area contributed by atoms with Gasteiger partial charge in [0, 0.05) is 0 Å². The third kappa shape index (κ3) is 44.5. The number of nitrogens with zero attached hydrogens (tertiary/aromatic N) is 1. The first kappa shape index (κ1) is 53.4. The molecule has 0 radical (unpaired) electrons. The van der Waals surface area contributed by atoms with Gasteiger partial charge in [-0.2, -0.15) is 0 Å². The van der Waals surface area contributed by atoms with Gasteiger partial charge in [0.05, 0.1) is 26.7 Å². The normalized spacial score (nSPS) is 11.8. The number of halogens is 1. The number of hydrogen-bond acceptors (Lipinski definition) is 0. The monoisotopic (exact) mass is 741 g/mol. The average Bonchev–Trinajstić information content (AvgIpc) is 3.12. The summed E-state index contributed by atoms with van der Waals surface area (Å²) in [4.78, 5) is 0. The Morgan fingerprint density at radius 2 is 0.314 bits per heavy atom. The van der Waals surface area contributed by atoms with Crippen LogP contribution in [-0.4, -0.2) is 31.2 Å². The quantitative estimate of drug-likeness (QED) is 0.0431. The van der Waals surface area contributed by atoms with E-state index in [9.17, 15) is 0 Å². The van der Waals surface area contributed by atoms with E-state index in [1.165, 1.54) is 294 Å². The zero-order valence-corrected chi connectivity index (χ0v) is 37.5. The van der Waals surface area contributed by atoms with E-state index < -0.39 is 0 Å². The minimum absolute atomic E-state index is 0. The van der Waals surface area contributed by atoms with Crippen LogP contribution in [0.15, 0.2) is 0 Å². The number of quaternary nitrogens is 1. The third-order valence-electron chi connectivity index (χ3n) is 12.2. The second kappa shape index (κ2) is 46.4. The zero-order chi connectivity index (χ0) is 36.3. The van der Waals surface area contributed by atoms with Gasteiger partial charge in [0.1, 0.15) is 0 Å². The third-order valence-corrected chi connectivity index (χ3v) is 12.2. The topological polar surface area (TPSA) is 0 Å². The summed E-state index contributed by atoms with van der Waals surface area (Å²) in [5, 5.41) is 0. The van der Waals surface area contributed by atoms with Crippen LogP contribution >= 0.6 is 12.4 Å². The molecule has 0 amide bonds. The molecule has 0 unspecified atom stereocenters. The van der Waals surface area contributed by atoms with Gasteiger partial charge in [-0.3, -0.25) is 0 Å². The van der Waals surface area contributed by atoms with Crippen molar-refractivity contribution >= 4 is 12.4 Å². The molecule has 0 spiro atoms. The van der Waals surface area contributed by atoms with Crippen molar-refractivity contribution in [3.05, 3.63) is 0 Å². The summed E-state index contributed by atoms with van der Waals surface area (Å²) in [5.74, 6) is 0. The van der Waals surface area contributed by atoms with Gasteiger partial charge in [0.15, 0.2) is 0 Å². The molecule has 0 atom stereocenters. The molecule has 0 rings (SSSR count). The Morgan fingerprint density at radius 3 is 0.451 bits per heavy atom. The lowest BCUT2D eigenvalue weighted by Gasteiger charge is -2.35. The van der Waals surface area contributed by atoms with E-state index >= 15 is 0 Å². The predicted octanol–water partition coefficient (Wildman–Crippen LogP) is 18.3. The first-order valence-electron chi connectivity index (χ1n) is 24.5. The van der Waals surface area contributed by atoms with Crippen molar-refractivity contribution in [2.24, 2.45) is 0 Å². The van der Waals surface area contributed by atoms with Gasteiger partial charge >= 0.3 is 0 Å². The smallest absolute Gasteiger partial charge is 0.0784 e. The fourth-order valence-electron chi connectivity index (χ4n) is 8.40. The van der Waals surface area contributed by atoms with E-state index in [2.05, 4.69) is 27.8 Å². The highest BCUT2D eigenvalue weighted by molar-refractivity contribution is 5.85. The van der Waals surface area contributed by atoms with Crippen LogP contribution in [0.4, 0.5) is 0 Å². The van der Waals surface area contributed by atoms with Crippen molar-refractivity contribution in [1.29, 1.82) is 0 Å². The van der Waals surface area contributed by atoms with E-state index in [-0.39, 0.29) is 12.4 Å². The van der Waals surface area contributed by atoms with Crippen LogP contribution in [0.25, 0.3) is 0 Å². The van der Waals surface area contributed by atoms with E-state index in [0.717, 1.165) is 0 Å². The minimum atomic E-state index is 0. The first-order valence-corrected chi connectivity index (χ1v) is 24.5. The van der Waals surface area contributed by atoms with Gasteiger partial charge in [-0.05, 0) is 38.5 Å². The molecule has 1 nitrogen and oxygen atoms in total. The Kier molecular flexibility index (Phi) is 48.5. The summed E-state index contributed by atoms with van der Waals surface area (Å²) in [6, 6.07) is 0. The molecule has 0 saturated heterocycles. The second-order valence-corrected chi connectivity index (χ2v) is 17.6. The molecule has 0 fully saturated rings. The lowest BCUT2D eigenvalue weighted by Crippen LogP contribution is -2.46. The molecule has 0 saturated carbocycles. The lowest BCUT2D eigenvalue weighted by atomic mass is 10.0. The highest BCUT2D eigenvalue weighted by atomic mass is 35.5. The maximum Gasteiger partial charge on any atom is 0.0784 e. The fourth-order valence-corrected chi connectivity index (χ4v) is 8.40. The highest BCUT2D eigenvalue weighted by Gasteiger charge is 2.20. The number of rotatable bonds is 45. The summed E-state index contributed by atoms with van der Waals surface area (Å²) in [6.07, 6.45) is 61.7. The highest BCUT2D eigenvalue weighted by Crippen LogP contribution is 2.19. The average molecular weight is 742 g/mol. The molecule has 0 heterocycles. The molecule has 0 bridgehead atoms. The maximum absolute atomic E-state index is 2.63. The summed E-state index contributed by atoms with van der Waals surface area (Å²) < 4.78 is 1.37. The van der Waals surface area contributed by atoms with Crippen LogP contribution in [0, 0.1) is 0 Å². The largest absolute Gasteiger partial charge is 0.326 e. The van der Waals surface area contributed by atoms with E-state index in [4.69, 9.17) is 0 Å². The van der Waals surface area contributed by atoms with Gasteiger partial charge < -0.3 is 4.48 Å². The van der Waals surface area contributed by atoms with Crippen molar-refractivity contribution in [3.63, 3.8) is 0 Å². The van der Waals surface area contributed by atoms with Gasteiger partial charge in [-0.15, -0.1) is 12.4 Å². The number of hydrogen-bond donors (Lipinski definition) is 0. The SMILES string of the molecule is CCCCCCCCCCCCCCCC[N+](C)(CCCCCCCCCCCCCCCC)CCCCCCCCCCCCCCCC.Cl. The minimum Gasteiger partial charge on any atom is -0.326 e. The molecule has 51 heavy (non-hydrogen) atoms. The Morgan fingerprint density at radius 1 is 0.196 bits per heavy atom. The van der Waals surface area contributed by atoms with Gasteiger partial charge in [0.2, 0.25) is 0 Å². The Balaban J connectivity index is 0. The molecule has 310 valence electrons. The molecule has 2 heteroatoms. The van der Waals surface area contributed by atoms with Crippen LogP contribution in [0.5, 0.6) is 0 Å². The summed E-state index contributed by atoms with van der Waals surface area (Å²) in [5.41, 5.74) is 0. The van der Waals surface area contributed by atoms with Crippen LogP contribution < -0.4 is 0 Å². The van der Waals surface area contributed by atoms with Crippen LogP contribution in [-0.2, 0) is 0 Å².